The average molecular weight is 365 g/mol. The van der Waals surface area contributed by atoms with E-state index in [1.807, 2.05) is 6.07 Å². The number of benzene rings is 2. The first-order chi connectivity index (χ1) is 12.6. The van der Waals surface area contributed by atoms with Crippen molar-refractivity contribution in [3.63, 3.8) is 0 Å². The number of rotatable bonds is 8. The molecular weight excluding hydrogens is 343 g/mol. The van der Waals surface area contributed by atoms with Gasteiger partial charge in [0.25, 0.3) is 0 Å². The van der Waals surface area contributed by atoms with E-state index in [4.69, 9.17) is 4.74 Å². The minimum atomic E-state index is -2.87. The minimum Gasteiger partial charge on any atom is -0.434 e. The highest BCUT2D eigenvalue weighted by molar-refractivity contribution is 5.33. The first-order valence-electron chi connectivity index (χ1n) is 8.71. The third kappa shape index (κ3) is 5.47. The van der Waals surface area contributed by atoms with Crippen LogP contribution in [0.1, 0.15) is 24.0 Å². The molecule has 140 valence electrons. The molecule has 6 heteroatoms. The van der Waals surface area contributed by atoms with Gasteiger partial charge in [0.05, 0.1) is 6.10 Å². The number of ether oxygens (including phenoxy) is 2. The van der Waals surface area contributed by atoms with Crippen LogP contribution in [0.5, 0.6) is 5.75 Å². The third-order valence-electron chi connectivity index (χ3n) is 4.36. The zero-order chi connectivity index (χ0) is 18.4. The number of hydrogen-bond acceptors (Lipinski definition) is 3. The van der Waals surface area contributed by atoms with E-state index in [-0.39, 0.29) is 17.7 Å². The molecule has 1 atom stereocenters. The van der Waals surface area contributed by atoms with Gasteiger partial charge in [0.15, 0.2) is 0 Å². The van der Waals surface area contributed by atoms with Crippen LogP contribution in [0.4, 0.5) is 13.2 Å². The van der Waals surface area contributed by atoms with Crippen molar-refractivity contribution in [1.82, 2.24) is 4.90 Å². The van der Waals surface area contributed by atoms with Crippen LogP contribution >= 0.6 is 0 Å². The summed E-state index contributed by atoms with van der Waals surface area (Å²) in [5.74, 6) is -0.125. The SMILES string of the molecule is Fc1cccc(CN(Cc2ccccc2OC(F)F)CC2CCCO2)c1. The van der Waals surface area contributed by atoms with Crippen molar-refractivity contribution in [2.75, 3.05) is 13.2 Å². The summed E-state index contributed by atoms with van der Waals surface area (Å²) in [7, 11) is 0. The quantitative estimate of drug-likeness (QED) is 0.682. The zero-order valence-corrected chi connectivity index (χ0v) is 14.4. The molecule has 0 N–H and O–H groups in total. The molecule has 26 heavy (non-hydrogen) atoms. The Hall–Kier alpha value is -2.05. The van der Waals surface area contributed by atoms with Crippen molar-refractivity contribution in [3.8, 4) is 5.75 Å². The predicted molar refractivity (Wildman–Crippen MR) is 92.6 cm³/mol. The molecule has 1 saturated heterocycles. The summed E-state index contributed by atoms with van der Waals surface area (Å²) in [5.41, 5.74) is 1.50. The van der Waals surface area contributed by atoms with Crippen molar-refractivity contribution in [2.24, 2.45) is 0 Å². The van der Waals surface area contributed by atoms with E-state index in [9.17, 15) is 13.2 Å². The van der Waals surface area contributed by atoms with E-state index < -0.39 is 6.61 Å². The van der Waals surface area contributed by atoms with Crippen LogP contribution in [0.25, 0.3) is 0 Å². The van der Waals surface area contributed by atoms with E-state index in [1.54, 1.807) is 24.3 Å². The van der Waals surface area contributed by atoms with Crippen molar-refractivity contribution in [3.05, 3.63) is 65.5 Å². The molecule has 0 radical (unpaired) electrons. The van der Waals surface area contributed by atoms with Gasteiger partial charge in [-0.1, -0.05) is 30.3 Å². The second kappa shape index (κ2) is 9.05. The molecule has 0 bridgehead atoms. The van der Waals surface area contributed by atoms with Crippen LogP contribution in [-0.4, -0.2) is 30.8 Å². The lowest BCUT2D eigenvalue weighted by Gasteiger charge is -2.26. The first-order valence-corrected chi connectivity index (χ1v) is 8.71. The molecule has 1 unspecified atom stereocenters. The summed E-state index contributed by atoms with van der Waals surface area (Å²) in [5, 5.41) is 0. The van der Waals surface area contributed by atoms with Gasteiger partial charge >= 0.3 is 6.61 Å². The molecule has 2 aromatic carbocycles. The Labute approximate surface area is 151 Å². The molecule has 0 spiro atoms. The highest BCUT2D eigenvalue weighted by atomic mass is 19.3. The Morgan fingerprint density at radius 2 is 1.96 bits per heavy atom. The van der Waals surface area contributed by atoms with E-state index in [0.717, 1.165) is 25.0 Å². The molecule has 0 saturated carbocycles. The summed E-state index contributed by atoms with van der Waals surface area (Å²) in [4.78, 5) is 2.08. The van der Waals surface area contributed by atoms with E-state index in [0.29, 0.717) is 25.2 Å². The minimum absolute atomic E-state index is 0.103. The molecule has 1 heterocycles. The fourth-order valence-electron chi connectivity index (χ4n) is 3.24. The Morgan fingerprint density at radius 3 is 2.69 bits per heavy atom. The zero-order valence-electron chi connectivity index (χ0n) is 14.4. The normalized spacial score (nSPS) is 17.2. The molecule has 0 aromatic heterocycles. The molecule has 3 nitrogen and oxygen atoms in total. The van der Waals surface area contributed by atoms with Crippen molar-refractivity contribution in [2.45, 2.75) is 38.6 Å². The van der Waals surface area contributed by atoms with Gasteiger partial charge in [0.2, 0.25) is 0 Å². The summed E-state index contributed by atoms with van der Waals surface area (Å²) in [6.45, 7) is -0.561. The monoisotopic (exact) mass is 365 g/mol. The lowest BCUT2D eigenvalue weighted by atomic mass is 10.1. The molecule has 0 aliphatic carbocycles. The fraction of sp³-hybridized carbons (Fsp3) is 0.400. The Kier molecular flexibility index (Phi) is 6.52. The maximum absolute atomic E-state index is 13.5. The fourth-order valence-corrected chi connectivity index (χ4v) is 3.24. The van der Waals surface area contributed by atoms with Crippen LogP contribution in [0, 0.1) is 5.82 Å². The Bertz CT molecular complexity index is 705. The van der Waals surface area contributed by atoms with E-state index in [2.05, 4.69) is 9.64 Å². The van der Waals surface area contributed by atoms with Crippen LogP contribution in [0.15, 0.2) is 48.5 Å². The largest absolute Gasteiger partial charge is 0.434 e. The van der Waals surface area contributed by atoms with E-state index >= 15 is 0 Å². The van der Waals surface area contributed by atoms with E-state index in [1.165, 1.54) is 18.2 Å². The van der Waals surface area contributed by atoms with Gasteiger partial charge in [-0.05, 0) is 36.6 Å². The second-order valence-corrected chi connectivity index (χ2v) is 6.42. The van der Waals surface area contributed by atoms with Crippen molar-refractivity contribution in [1.29, 1.82) is 0 Å². The summed E-state index contributed by atoms with van der Waals surface area (Å²) >= 11 is 0. The standard InChI is InChI=1S/C20H22F3NO2/c21-17-7-3-5-15(11-17)12-24(14-18-8-4-10-25-18)13-16-6-1-2-9-19(16)26-20(22)23/h1-3,5-7,9,11,18,20H,4,8,10,12-14H2. The smallest absolute Gasteiger partial charge is 0.387 e. The van der Waals surface area contributed by atoms with Gasteiger partial charge in [-0.2, -0.15) is 8.78 Å². The Morgan fingerprint density at radius 1 is 1.12 bits per heavy atom. The predicted octanol–water partition coefficient (Wildman–Crippen LogP) is 4.61. The highest BCUT2D eigenvalue weighted by Crippen LogP contribution is 2.24. The van der Waals surface area contributed by atoms with Crippen LogP contribution < -0.4 is 4.74 Å². The highest BCUT2D eigenvalue weighted by Gasteiger charge is 2.21. The molecule has 3 rings (SSSR count). The number of nitrogens with zero attached hydrogens (tertiary/aromatic N) is 1. The van der Waals surface area contributed by atoms with Gasteiger partial charge in [-0.3, -0.25) is 4.90 Å². The molecule has 0 amide bonds. The van der Waals surface area contributed by atoms with Gasteiger partial charge in [-0.15, -0.1) is 0 Å². The van der Waals surface area contributed by atoms with Crippen LogP contribution in [0.2, 0.25) is 0 Å². The van der Waals surface area contributed by atoms with Crippen LogP contribution in [0.3, 0.4) is 0 Å². The summed E-state index contributed by atoms with van der Waals surface area (Å²) < 4.78 is 49.2. The summed E-state index contributed by atoms with van der Waals surface area (Å²) in [6, 6.07) is 13.2. The number of halogens is 3. The number of alkyl halides is 2. The third-order valence-corrected chi connectivity index (χ3v) is 4.36. The second-order valence-electron chi connectivity index (χ2n) is 6.42. The topological polar surface area (TPSA) is 21.7 Å². The molecule has 1 aliphatic heterocycles. The molecule has 1 fully saturated rings. The van der Waals surface area contributed by atoms with Gasteiger partial charge in [-0.25, -0.2) is 4.39 Å². The molecule has 1 aliphatic rings. The molecular formula is C20H22F3NO2. The summed E-state index contributed by atoms with van der Waals surface area (Å²) in [6.07, 6.45) is 2.09. The lowest BCUT2D eigenvalue weighted by molar-refractivity contribution is -0.0509. The van der Waals surface area contributed by atoms with Crippen molar-refractivity contribution >= 4 is 0 Å². The Balaban J connectivity index is 1.76. The number of hydrogen-bond donors (Lipinski definition) is 0. The van der Waals surface area contributed by atoms with Crippen LogP contribution in [-0.2, 0) is 17.8 Å². The van der Waals surface area contributed by atoms with Gasteiger partial charge < -0.3 is 9.47 Å². The average Bonchev–Trinajstić information content (AvgIpc) is 3.09. The van der Waals surface area contributed by atoms with Gasteiger partial charge in [0.1, 0.15) is 11.6 Å². The maximum atomic E-state index is 13.5. The van der Waals surface area contributed by atoms with Gasteiger partial charge in [0, 0.05) is 31.8 Å². The lowest BCUT2D eigenvalue weighted by Crippen LogP contribution is -2.31. The maximum Gasteiger partial charge on any atom is 0.387 e. The van der Waals surface area contributed by atoms with Crippen molar-refractivity contribution < 1.29 is 22.6 Å². The number of para-hydroxylation sites is 1. The first kappa shape index (κ1) is 18.7. The molecule has 2 aromatic rings.